The molecule has 0 fully saturated rings. The first-order valence-electron chi connectivity index (χ1n) is 8.01. The molecule has 0 aromatic heterocycles. The molecule has 2 unspecified atom stereocenters. The largest absolute Gasteiger partial charge is 0.611 e. The third kappa shape index (κ3) is 5.86. The Hall–Kier alpha value is -1.49. The molecule has 24 heavy (non-hydrogen) atoms. The van der Waals surface area contributed by atoms with Crippen LogP contribution in [0.1, 0.15) is 31.2 Å². The van der Waals surface area contributed by atoms with Gasteiger partial charge in [-0.1, -0.05) is 48.4 Å². The predicted molar refractivity (Wildman–Crippen MR) is 97.9 cm³/mol. The molecule has 2 aromatic carbocycles. The van der Waals surface area contributed by atoms with Crippen molar-refractivity contribution in [3.8, 4) is 0 Å². The fourth-order valence-corrected chi connectivity index (χ4v) is 3.97. The van der Waals surface area contributed by atoms with E-state index >= 15 is 0 Å². The lowest BCUT2D eigenvalue weighted by atomic mass is 10.1. The van der Waals surface area contributed by atoms with Gasteiger partial charge in [0.05, 0.1) is 0 Å². The molecule has 0 aliphatic heterocycles. The normalized spacial score (nSPS) is 13.4. The van der Waals surface area contributed by atoms with Crippen LogP contribution in [0.2, 0.25) is 5.02 Å². The van der Waals surface area contributed by atoms with Gasteiger partial charge in [0, 0.05) is 11.4 Å². The summed E-state index contributed by atoms with van der Waals surface area (Å²) in [7, 11) is 0. The van der Waals surface area contributed by atoms with Gasteiger partial charge in [0.2, 0.25) is 5.25 Å². The highest BCUT2D eigenvalue weighted by molar-refractivity contribution is 7.92. The zero-order valence-electron chi connectivity index (χ0n) is 13.4. The Kier molecular flexibility index (Phi) is 7.63. The Morgan fingerprint density at radius 1 is 1.04 bits per heavy atom. The number of halogens is 1. The summed E-state index contributed by atoms with van der Waals surface area (Å²) in [6.07, 6.45) is 4.02. The van der Waals surface area contributed by atoms with Crippen LogP contribution in [0.15, 0.2) is 59.5 Å². The molecule has 1 N–H and O–H groups in total. The highest BCUT2D eigenvalue weighted by Gasteiger charge is 2.31. The second-order valence-corrected chi connectivity index (χ2v) is 7.73. The first kappa shape index (κ1) is 18.8. The molecule has 0 aliphatic carbocycles. The van der Waals surface area contributed by atoms with Gasteiger partial charge in [-0.2, -0.15) is 0 Å². The zero-order chi connectivity index (χ0) is 17.4. The Bertz CT molecular complexity index is 631. The number of aliphatic carboxylic acids is 1. The van der Waals surface area contributed by atoms with E-state index in [-0.39, 0.29) is 0 Å². The first-order valence-corrected chi connectivity index (χ1v) is 9.60. The molecular weight excluding hydrogens is 344 g/mol. The van der Waals surface area contributed by atoms with Gasteiger partial charge in [0.25, 0.3) is 0 Å². The van der Waals surface area contributed by atoms with Crippen molar-refractivity contribution in [3.63, 3.8) is 0 Å². The summed E-state index contributed by atoms with van der Waals surface area (Å²) in [6.45, 7) is 0. The molecule has 0 saturated heterocycles. The molecule has 2 rings (SSSR count). The monoisotopic (exact) mass is 364 g/mol. The van der Waals surface area contributed by atoms with Gasteiger partial charge in [0.1, 0.15) is 0 Å². The topological polar surface area (TPSA) is 60.4 Å². The van der Waals surface area contributed by atoms with E-state index in [2.05, 4.69) is 0 Å². The number of carboxylic acids is 1. The Balaban J connectivity index is 1.77. The molecule has 0 saturated carbocycles. The van der Waals surface area contributed by atoms with E-state index < -0.39 is 22.4 Å². The highest BCUT2D eigenvalue weighted by atomic mass is 35.5. The van der Waals surface area contributed by atoms with Crippen LogP contribution in [-0.2, 0) is 22.4 Å². The molecule has 2 atom stereocenters. The van der Waals surface area contributed by atoms with Crippen molar-refractivity contribution in [1.82, 2.24) is 0 Å². The minimum atomic E-state index is -1.51. The molecule has 0 amide bonds. The number of rotatable bonds is 9. The van der Waals surface area contributed by atoms with Crippen molar-refractivity contribution >= 4 is 28.7 Å². The molecule has 5 heteroatoms. The third-order valence-electron chi connectivity index (χ3n) is 3.85. The number of carboxylic acid groups (broad SMARTS) is 1. The van der Waals surface area contributed by atoms with Crippen molar-refractivity contribution in [2.45, 2.75) is 42.2 Å². The third-order valence-corrected chi connectivity index (χ3v) is 5.80. The summed E-state index contributed by atoms with van der Waals surface area (Å²) in [6, 6.07) is 16.6. The average molecular weight is 365 g/mol. The van der Waals surface area contributed by atoms with Crippen LogP contribution in [0.4, 0.5) is 0 Å². The van der Waals surface area contributed by atoms with Crippen LogP contribution < -0.4 is 0 Å². The maximum absolute atomic E-state index is 12.4. The number of hydrogen-bond acceptors (Lipinski definition) is 2. The standard InChI is InChI=1S/C19H21ClO3S/c20-16-13-11-15(12-14-16)7-3-1-6-10-18(19(21)22)24(23)17-8-4-2-5-9-17/h2,4-5,8-9,11-14,18H,1,3,6-7,10H2,(H,21,22). The number of benzene rings is 2. The van der Waals surface area contributed by atoms with Crippen LogP contribution >= 0.6 is 11.6 Å². The summed E-state index contributed by atoms with van der Waals surface area (Å²) >= 11 is 4.35. The van der Waals surface area contributed by atoms with Crippen LogP contribution in [0.25, 0.3) is 0 Å². The summed E-state index contributed by atoms with van der Waals surface area (Å²) in [4.78, 5) is 12.0. The number of unbranched alkanes of at least 4 members (excludes halogenated alkanes) is 2. The first-order chi connectivity index (χ1) is 11.6. The molecule has 0 radical (unpaired) electrons. The number of hydrogen-bond donors (Lipinski definition) is 1. The van der Waals surface area contributed by atoms with Gasteiger partial charge in [-0.3, -0.25) is 0 Å². The zero-order valence-corrected chi connectivity index (χ0v) is 14.9. The van der Waals surface area contributed by atoms with Crippen molar-refractivity contribution in [2.24, 2.45) is 0 Å². The molecule has 0 bridgehead atoms. The van der Waals surface area contributed by atoms with E-state index in [9.17, 15) is 14.5 Å². The molecular formula is C19H21ClO3S. The van der Waals surface area contributed by atoms with Crippen LogP contribution in [-0.4, -0.2) is 20.9 Å². The predicted octanol–water partition coefficient (Wildman–Crippen LogP) is 4.70. The molecule has 0 aliphatic rings. The summed E-state index contributed by atoms with van der Waals surface area (Å²) < 4.78 is 12.4. The highest BCUT2D eigenvalue weighted by Crippen LogP contribution is 2.21. The molecule has 0 heterocycles. The molecule has 0 spiro atoms. The van der Waals surface area contributed by atoms with Crippen molar-refractivity contribution in [3.05, 3.63) is 65.2 Å². The fourth-order valence-electron chi connectivity index (χ4n) is 2.53. The van der Waals surface area contributed by atoms with Crippen molar-refractivity contribution < 1.29 is 14.5 Å². The summed E-state index contributed by atoms with van der Waals surface area (Å²) in [5, 5.41) is 9.24. The van der Waals surface area contributed by atoms with Crippen LogP contribution in [0, 0.1) is 0 Å². The van der Waals surface area contributed by atoms with Crippen LogP contribution in [0.3, 0.4) is 0 Å². The van der Waals surface area contributed by atoms with Crippen molar-refractivity contribution in [2.75, 3.05) is 0 Å². The second kappa shape index (κ2) is 9.72. The molecule has 128 valence electrons. The SMILES string of the molecule is O=C(O)C(CCCCCc1ccc(Cl)cc1)[S+]([O-])c1ccccc1. The quantitative estimate of drug-likeness (QED) is 0.518. The lowest BCUT2D eigenvalue weighted by Crippen LogP contribution is -2.30. The molecule has 3 nitrogen and oxygen atoms in total. The van der Waals surface area contributed by atoms with E-state index in [1.807, 2.05) is 30.3 Å². The van der Waals surface area contributed by atoms with Gasteiger partial charge in [-0.15, -0.1) is 0 Å². The lowest BCUT2D eigenvalue weighted by molar-refractivity contribution is -0.136. The second-order valence-electron chi connectivity index (χ2n) is 5.66. The maximum Gasteiger partial charge on any atom is 0.357 e. The average Bonchev–Trinajstić information content (AvgIpc) is 2.59. The van der Waals surface area contributed by atoms with Crippen LogP contribution in [0.5, 0.6) is 0 Å². The smallest absolute Gasteiger partial charge is 0.357 e. The minimum absolute atomic E-state index is 0.428. The van der Waals surface area contributed by atoms with Gasteiger partial charge >= 0.3 is 5.97 Å². The van der Waals surface area contributed by atoms with Gasteiger partial charge in [-0.25, -0.2) is 4.79 Å². The van der Waals surface area contributed by atoms with E-state index in [0.29, 0.717) is 11.3 Å². The number of carbonyl (C=O) groups is 1. The summed E-state index contributed by atoms with van der Waals surface area (Å²) in [5.41, 5.74) is 1.22. The summed E-state index contributed by atoms with van der Waals surface area (Å²) in [5.74, 6) is -0.991. The van der Waals surface area contributed by atoms with E-state index in [0.717, 1.165) is 30.7 Å². The Morgan fingerprint density at radius 2 is 1.71 bits per heavy atom. The lowest BCUT2D eigenvalue weighted by Gasteiger charge is -2.17. The maximum atomic E-state index is 12.4. The van der Waals surface area contributed by atoms with E-state index in [1.54, 1.807) is 24.3 Å². The minimum Gasteiger partial charge on any atom is -0.611 e. The van der Waals surface area contributed by atoms with Gasteiger partial charge in [-0.05, 0) is 60.3 Å². The van der Waals surface area contributed by atoms with E-state index in [1.165, 1.54) is 5.56 Å². The van der Waals surface area contributed by atoms with Crippen molar-refractivity contribution in [1.29, 1.82) is 0 Å². The fraction of sp³-hybridized carbons (Fsp3) is 0.316. The van der Waals surface area contributed by atoms with Gasteiger partial charge in [0.15, 0.2) is 4.90 Å². The number of aryl methyl sites for hydroxylation is 1. The van der Waals surface area contributed by atoms with Gasteiger partial charge < -0.3 is 9.66 Å². The molecule has 2 aromatic rings. The Morgan fingerprint density at radius 3 is 2.33 bits per heavy atom. The van der Waals surface area contributed by atoms with E-state index in [4.69, 9.17) is 11.6 Å². The Labute approximate surface area is 150 Å².